The maximum absolute atomic E-state index is 12.4. The summed E-state index contributed by atoms with van der Waals surface area (Å²) < 4.78 is 30.5. The predicted octanol–water partition coefficient (Wildman–Crippen LogP) is 3.92. The van der Waals surface area contributed by atoms with Crippen LogP contribution in [-0.2, 0) is 14.6 Å². The van der Waals surface area contributed by atoms with Crippen molar-refractivity contribution >= 4 is 44.0 Å². The van der Waals surface area contributed by atoms with Crippen LogP contribution in [0.5, 0.6) is 0 Å². The van der Waals surface area contributed by atoms with Crippen LogP contribution in [0.1, 0.15) is 30.3 Å². The van der Waals surface area contributed by atoms with Gasteiger partial charge in [-0.1, -0.05) is 17.7 Å². The summed E-state index contributed by atoms with van der Waals surface area (Å²) in [6.07, 6.45) is 3.01. The number of aryl methyl sites for hydroxylation is 1. The van der Waals surface area contributed by atoms with E-state index in [2.05, 4.69) is 20.3 Å². The number of ether oxygens (including phenoxy) is 1. The van der Waals surface area contributed by atoms with Gasteiger partial charge in [-0.25, -0.2) is 18.4 Å². The Morgan fingerprint density at radius 1 is 1.26 bits per heavy atom. The molecule has 0 aliphatic carbocycles. The summed E-state index contributed by atoms with van der Waals surface area (Å²) in [5, 5.41) is 3.45. The first kappa shape index (κ1) is 18.2. The molecule has 0 spiro atoms. The molecule has 2 N–H and O–H groups in total. The van der Waals surface area contributed by atoms with E-state index in [4.69, 9.17) is 16.3 Å². The Balaban J connectivity index is 1.80. The number of sulfone groups is 1. The van der Waals surface area contributed by atoms with Crippen LogP contribution in [-0.4, -0.2) is 36.2 Å². The smallest absolute Gasteiger partial charge is 0.181 e. The molecular weight excluding hydrogens is 388 g/mol. The Morgan fingerprint density at radius 3 is 2.78 bits per heavy atom. The Labute approximate surface area is 162 Å². The number of nitrogens with zero attached hydrogens (tertiary/aromatic N) is 2. The number of H-pyrrole nitrogens is 1. The highest BCUT2D eigenvalue weighted by Gasteiger charge is 2.22. The minimum atomic E-state index is -3.46. The molecule has 0 unspecified atom stereocenters. The first-order valence-electron chi connectivity index (χ1n) is 8.57. The first-order chi connectivity index (χ1) is 12.8. The van der Waals surface area contributed by atoms with Gasteiger partial charge in [0.05, 0.1) is 22.4 Å². The summed E-state index contributed by atoms with van der Waals surface area (Å²) in [4.78, 5) is 11.8. The van der Waals surface area contributed by atoms with Crippen LogP contribution < -0.4 is 5.32 Å². The Morgan fingerprint density at radius 2 is 2.07 bits per heavy atom. The lowest BCUT2D eigenvalue weighted by Gasteiger charge is -2.16. The highest BCUT2D eigenvalue weighted by molar-refractivity contribution is 7.90. The molecule has 9 heteroatoms. The maximum Gasteiger partial charge on any atom is 0.181 e. The number of aromatic nitrogens is 3. The maximum atomic E-state index is 12.4. The van der Waals surface area contributed by atoms with Gasteiger partial charge in [-0.15, -0.1) is 0 Å². The fourth-order valence-corrected chi connectivity index (χ4v) is 4.36. The quantitative estimate of drug-likeness (QED) is 0.637. The van der Waals surface area contributed by atoms with E-state index in [1.165, 1.54) is 6.26 Å². The van der Waals surface area contributed by atoms with E-state index < -0.39 is 9.84 Å². The van der Waals surface area contributed by atoms with E-state index in [0.717, 1.165) is 18.4 Å². The summed E-state index contributed by atoms with van der Waals surface area (Å²) in [6.45, 7) is 2.52. The van der Waals surface area contributed by atoms with E-state index in [-0.39, 0.29) is 16.2 Å². The summed E-state index contributed by atoms with van der Waals surface area (Å²) >= 11 is 6.10. The third-order valence-corrected chi connectivity index (χ3v) is 5.85. The zero-order valence-electron chi connectivity index (χ0n) is 14.9. The van der Waals surface area contributed by atoms with Crippen molar-refractivity contribution in [3.05, 3.63) is 40.8 Å². The van der Waals surface area contributed by atoms with Crippen molar-refractivity contribution in [2.24, 2.45) is 0 Å². The van der Waals surface area contributed by atoms with Gasteiger partial charge in [-0.05, 0) is 37.5 Å². The molecule has 2 aromatic heterocycles. The van der Waals surface area contributed by atoms with Gasteiger partial charge in [-0.3, -0.25) is 0 Å². The number of pyridine rings is 1. The highest BCUT2D eigenvalue weighted by atomic mass is 35.5. The average molecular weight is 407 g/mol. The second-order valence-corrected chi connectivity index (χ2v) is 9.04. The Bertz CT molecular complexity index is 1120. The van der Waals surface area contributed by atoms with Crippen LogP contribution in [0.3, 0.4) is 0 Å². The minimum Gasteiger partial charge on any atom is -0.374 e. The number of aromatic amines is 1. The van der Waals surface area contributed by atoms with E-state index >= 15 is 0 Å². The van der Waals surface area contributed by atoms with Crippen molar-refractivity contribution in [2.75, 3.05) is 18.2 Å². The number of imidazole rings is 1. The second kappa shape index (κ2) is 6.78. The zero-order valence-corrected chi connectivity index (χ0v) is 16.5. The summed E-state index contributed by atoms with van der Waals surface area (Å²) in [5.74, 6) is 0.694. The van der Waals surface area contributed by atoms with Gasteiger partial charge in [0.25, 0.3) is 0 Å². The Kier molecular flexibility index (Phi) is 4.57. The van der Waals surface area contributed by atoms with Gasteiger partial charge in [0.15, 0.2) is 15.5 Å². The number of anilines is 2. The second-order valence-electron chi connectivity index (χ2n) is 6.67. The number of hydrogen-bond acceptors (Lipinski definition) is 6. The fourth-order valence-electron chi connectivity index (χ4n) is 3.31. The molecule has 3 heterocycles. The molecule has 0 radical (unpaired) electrons. The van der Waals surface area contributed by atoms with Gasteiger partial charge in [-0.2, -0.15) is 0 Å². The highest BCUT2D eigenvalue weighted by Crippen LogP contribution is 2.35. The van der Waals surface area contributed by atoms with Crippen LogP contribution in [0.15, 0.2) is 29.2 Å². The molecule has 1 aliphatic rings. The van der Waals surface area contributed by atoms with Crippen LogP contribution in [0, 0.1) is 6.92 Å². The van der Waals surface area contributed by atoms with E-state index in [1.54, 1.807) is 18.2 Å². The van der Waals surface area contributed by atoms with Gasteiger partial charge in [0.2, 0.25) is 0 Å². The Hall–Kier alpha value is -2.16. The normalized spacial score (nSPS) is 17.5. The largest absolute Gasteiger partial charge is 0.374 e. The standard InChI is InChI=1S/C18H19ClN4O3S/c1-10-20-17-13(9-16(19)23-18(17)21-10)22-12-6-5-11(14-4-3-7-26-14)8-15(12)27(2,24)25/h5-6,8-9,14H,3-4,7H2,1-2H3,(H2,20,21,22,23)/t14-/m0/s1. The molecule has 7 nitrogen and oxygen atoms in total. The molecule has 27 heavy (non-hydrogen) atoms. The lowest BCUT2D eigenvalue weighted by atomic mass is 10.1. The molecule has 0 bridgehead atoms. The van der Waals surface area contributed by atoms with Crippen LogP contribution in [0.2, 0.25) is 5.15 Å². The minimum absolute atomic E-state index is 0.0584. The lowest BCUT2D eigenvalue weighted by molar-refractivity contribution is 0.112. The van der Waals surface area contributed by atoms with Crippen LogP contribution in [0.25, 0.3) is 11.2 Å². The molecule has 0 amide bonds. The summed E-state index contributed by atoms with van der Waals surface area (Å²) in [5.41, 5.74) is 3.09. The topological polar surface area (TPSA) is 97.0 Å². The van der Waals surface area contributed by atoms with Crippen molar-refractivity contribution < 1.29 is 13.2 Å². The summed E-state index contributed by atoms with van der Waals surface area (Å²) in [7, 11) is -3.46. The lowest BCUT2D eigenvalue weighted by Crippen LogP contribution is -2.06. The van der Waals surface area contributed by atoms with Crippen molar-refractivity contribution in [3.63, 3.8) is 0 Å². The molecule has 142 valence electrons. The molecule has 1 aliphatic heterocycles. The van der Waals surface area contributed by atoms with Crippen LogP contribution in [0.4, 0.5) is 11.4 Å². The van der Waals surface area contributed by atoms with Gasteiger partial charge < -0.3 is 15.0 Å². The molecule has 1 aromatic carbocycles. The van der Waals surface area contributed by atoms with Crippen molar-refractivity contribution in [2.45, 2.75) is 30.8 Å². The fraction of sp³-hybridized carbons (Fsp3) is 0.333. The number of fused-ring (bicyclic) bond motifs is 1. The molecule has 0 saturated carbocycles. The summed E-state index contributed by atoms with van der Waals surface area (Å²) in [6, 6.07) is 6.98. The van der Waals surface area contributed by atoms with E-state index in [9.17, 15) is 8.42 Å². The van der Waals surface area contributed by atoms with Gasteiger partial charge in [0.1, 0.15) is 16.5 Å². The average Bonchev–Trinajstić information content (AvgIpc) is 3.23. The third-order valence-electron chi connectivity index (χ3n) is 4.52. The van der Waals surface area contributed by atoms with Crippen molar-refractivity contribution in [1.82, 2.24) is 15.0 Å². The number of halogens is 1. The predicted molar refractivity (Wildman–Crippen MR) is 104 cm³/mol. The molecule has 1 atom stereocenters. The van der Waals surface area contributed by atoms with E-state index in [1.807, 2.05) is 13.0 Å². The SMILES string of the molecule is Cc1nc2nc(Cl)cc(Nc3ccc([C@@H]4CCCO4)cc3S(C)(=O)=O)c2[nH]1. The third kappa shape index (κ3) is 3.65. The number of benzene rings is 1. The molecule has 1 fully saturated rings. The van der Waals surface area contributed by atoms with Crippen molar-refractivity contribution in [1.29, 1.82) is 0 Å². The molecule has 1 saturated heterocycles. The van der Waals surface area contributed by atoms with Crippen molar-refractivity contribution in [3.8, 4) is 0 Å². The van der Waals surface area contributed by atoms with Gasteiger partial charge >= 0.3 is 0 Å². The molecular formula is C18H19ClN4O3S. The number of rotatable bonds is 4. The van der Waals surface area contributed by atoms with Crippen LogP contribution >= 0.6 is 11.6 Å². The monoisotopic (exact) mass is 406 g/mol. The first-order valence-corrected chi connectivity index (χ1v) is 10.8. The van der Waals surface area contributed by atoms with E-state index in [0.29, 0.717) is 35.0 Å². The number of hydrogen-bond donors (Lipinski definition) is 2. The molecule has 4 rings (SSSR count). The zero-order chi connectivity index (χ0) is 19.2. The number of nitrogens with one attached hydrogen (secondary N) is 2. The van der Waals surface area contributed by atoms with Gasteiger partial charge in [0, 0.05) is 18.9 Å². The molecule has 3 aromatic rings.